The molecule has 0 unspecified atom stereocenters. The number of hydrogen-bond acceptors (Lipinski definition) is 9. The highest BCUT2D eigenvalue weighted by Crippen LogP contribution is 2.46. The Morgan fingerprint density at radius 3 is 2.70 bits per heavy atom. The van der Waals surface area contributed by atoms with Crippen LogP contribution in [0.15, 0.2) is 30.4 Å². The van der Waals surface area contributed by atoms with E-state index in [-0.39, 0.29) is 44.1 Å². The topological polar surface area (TPSA) is 189 Å². The highest BCUT2D eigenvalue weighted by Gasteiger charge is 2.62. The SMILES string of the molecule is NC(=S)N[C@H]1CCCOC/C=C\[C@@H]2C[C@@]2(C(=O)NS(=O)(=O)C2CC2)NC(=O)[C@@H]2C[C@@H](OC(=O)N3Cc4cccc(Cl)c4C3)CN2C1=O. The zero-order valence-corrected chi connectivity index (χ0v) is 27.9. The van der Waals surface area contributed by atoms with Gasteiger partial charge in [0.15, 0.2) is 5.11 Å². The molecule has 3 fully saturated rings. The Kier molecular flexibility index (Phi) is 9.39. The van der Waals surface area contributed by atoms with E-state index in [4.69, 9.17) is 39.0 Å². The second-order valence-corrected chi connectivity index (χ2v) is 15.4. The first-order valence-corrected chi connectivity index (χ1v) is 17.9. The summed E-state index contributed by atoms with van der Waals surface area (Å²) < 4.78 is 39.0. The molecule has 0 bridgehead atoms. The van der Waals surface area contributed by atoms with Gasteiger partial charge >= 0.3 is 6.09 Å². The Balaban J connectivity index is 1.24. The molecular formula is C30H37ClN6O8S2. The van der Waals surface area contributed by atoms with Crippen LogP contribution in [0.5, 0.6) is 0 Å². The number of fused-ring (bicyclic) bond motifs is 3. The Hall–Kier alpha value is -3.47. The predicted molar refractivity (Wildman–Crippen MR) is 173 cm³/mol. The summed E-state index contributed by atoms with van der Waals surface area (Å²) in [6, 6.07) is 3.40. The normalized spacial score (nSPS) is 30.1. The van der Waals surface area contributed by atoms with Crippen molar-refractivity contribution in [2.45, 2.75) is 80.6 Å². The van der Waals surface area contributed by atoms with Crippen LogP contribution >= 0.6 is 23.8 Å². The van der Waals surface area contributed by atoms with E-state index in [1.807, 2.05) is 6.07 Å². The van der Waals surface area contributed by atoms with Crippen molar-refractivity contribution in [3.8, 4) is 0 Å². The Bertz CT molecular complexity index is 1620. The number of nitrogens with one attached hydrogen (secondary N) is 3. The number of carbonyl (C=O) groups excluding carboxylic acids is 4. The Labute approximate surface area is 282 Å². The van der Waals surface area contributed by atoms with Crippen molar-refractivity contribution in [1.29, 1.82) is 0 Å². The number of nitrogens with zero attached hydrogens (tertiary/aromatic N) is 2. The number of hydrogen-bond donors (Lipinski definition) is 4. The number of halogens is 1. The van der Waals surface area contributed by atoms with Crippen LogP contribution in [0, 0.1) is 5.92 Å². The van der Waals surface area contributed by atoms with Gasteiger partial charge in [-0.3, -0.25) is 24.0 Å². The molecule has 6 rings (SSSR count). The van der Waals surface area contributed by atoms with E-state index in [1.165, 1.54) is 9.80 Å². The van der Waals surface area contributed by atoms with Crippen molar-refractivity contribution in [1.82, 2.24) is 25.2 Å². The number of nitrogens with two attached hydrogens (primary N) is 1. The van der Waals surface area contributed by atoms with Crippen LogP contribution < -0.4 is 21.1 Å². The number of carbonyl (C=O) groups is 4. The maximum atomic E-state index is 14.0. The van der Waals surface area contributed by atoms with Gasteiger partial charge in [-0.05, 0) is 61.5 Å². The molecule has 5 N–H and O–H groups in total. The average molecular weight is 709 g/mol. The van der Waals surface area contributed by atoms with Gasteiger partial charge in [0, 0.05) is 30.5 Å². The molecule has 1 aromatic carbocycles. The van der Waals surface area contributed by atoms with E-state index in [0.717, 1.165) is 11.1 Å². The standard InChI is InChI=1S/C30H37ClN6O8S2/c31-22-6-1-4-17-14-36(16-21(17)22)29(41)45-19-12-24-25(38)34-30(27(40)35-47(42,43)20-8-9-20)13-18(30)5-2-10-44-11-3-7-23(33-28(32)46)26(39)37(24)15-19/h1-2,4-6,18-20,23-24H,3,7-16H2,(H,34,38)(H,35,40)(H3,32,33,46)/b5-2-/t18-,19-,23+,24+,30-/m1/s1. The third kappa shape index (κ3) is 7.20. The van der Waals surface area contributed by atoms with E-state index in [9.17, 15) is 27.6 Å². The lowest BCUT2D eigenvalue weighted by Crippen LogP contribution is -2.58. The number of amides is 4. The summed E-state index contributed by atoms with van der Waals surface area (Å²) in [4.78, 5) is 57.6. The maximum absolute atomic E-state index is 14.0. The molecule has 2 aliphatic carbocycles. The molecule has 254 valence electrons. The second kappa shape index (κ2) is 13.2. The minimum Gasteiger partial charge on any atom is -0.444 e. The number of sulfonamides is 1. The van der Waals surface area contributed by atoms with Crippen LogP contribution in [-0.2, 0) is 47.0 Å². The molecule has 1 saturated heterocycles. The van der Waals surface area contributed by atoms with Gasteiger partial charge in [-0.25, -0.2) is 13.2 Å². The quantitative estimate of drug-likeness (QED) is 0.250. The van der Waals surface area contributed by atoms with Crippen LogP contribution in [0.1, 0.15) is 49.7 Å². The highest BCUT2D eigenvalue weighted by atomic mass is 35.5. The molecule has 3 aliphatic heterocycles. The van der Waals surface area contributed by atoms with Crippen molar-refractivity contribution >= 4 is 62.8 Å². The minimum atomic E-state index is -3.90. The fraction of sp³-hybridized carbons (Fsp3) is 0.567. The van der Waals surface area contributed by atoms with Gasteiger partial charge in [-0.2, -0.15) is 0 Å². The Morgan fingerprint density at radius 2 is 1.98 bits per heavy atom. The van der Waals surface area contributed by atoms with E-state index >= 15 is 0 Å². The third-order valence-electron chi connectivity index (χ3n) is 9.24. The van der Waals surface area contributed by atoms with Gasteiger partial charge in [-0.1, -0.05) is 35.9 Å². The highest BCUT2D eigenvalue weighted by molar-refractivity contribution is 7.91. The maximum Gasteiger partial charge on any atom is 0.410 e. The summed E-state index contributed by atoms with van der Waals surface area (Å²) >= 11 is 11.3. The zero-order valence-electron chi connectivity index (χ0n) is 25.5. The molecule has 47 heavy (non-hydrogen) atoms. The third-order valence-corrected chi connectivity index (χ3v) is 11.5. The molecule has 3 heterocycles. The van der Waals surface area contributed by atoms with Crippen molar-refractivity contribution in [2.24, 2.45) is 11.7 Å². The zero-order chi connectivity index (χ0) is 33.5. The lowest BCUT2D eigenvalue weighted by atomic mass is 10.1. The van der Waals surface area contributed by atoms with Gasteiger partial charge in [0.1, 0.15) is 23.7 Å². The number of rotatable bonds is 5. The summed E-state index contributed by atoms with van der Waals surface area (Å²) in [7, 11) is -3.90. The van der Waals surface area contributed by atoms with Gasteiger partial charge < -0.3 is 30.7 Å². The van der Waals surface area contributed by atoms with E-state index in [1.54, 1.807) is 24.3 Å². The monoisotopic (exact) mass is 708 g/mol. The van der Waals surface area contributed by atoms with E-state index in [2.05, 4.69) is 15.4 Å². The first-order chi connectivity index (χ1) is 22.4. The van der Waals surface area contributed by atoms with Crippen molar-refractivity contribution in [3.05, 3.63) is 46.5 Å². The number of benzene rings is 1. The van der Waals surface area contributed by atoms with Crippen LogP contribution in [0.2, 0.25) is 5.02 Å². The minimum absolute atomic E-state index is 0.0493. The summed E-state index contributed by atoms with van der Waals surface area (Å²) in [5, 5.41) is 5.39. The summed E-state index contributed by atoms with van der Waals surface area (Å²) in [6.07, 6.45) is 3.74. The van der Waals surface area contributed by atoms with E-state index in [0.29, 0.717) is 37.4 Å². The molecule has 0 radical (unpaired) electrons. The van der Waals surface area contributed by atoms with Crippen LogP contribution in [-0.4, -0.2) is 95.9 Å². The molecule has 0 spiro atoms. The lowest BCUT2D eigenvalue weighted by molar-refractivity contribution is -0.141. The van der Waals surface area contributed by atoms with Gasteiger partial charge in [0.2, 0.25) is 21.8 Å². The van der Waals surface area contributed by atoms with Crippen molar-refractivity contribution < 1.29 is 37.1 Å². The predicted octanol–water partition coefficient (Wildman–Crippen LogP) is 0.813. The van der Waals surface area contributed by atoms with Crippen LogP contribution in [0.25, 0.3) is 0 Å². The summed E-state index contributed by atoms with van der Waals surface area (Å²) in [6.45, 7) is 0.985. The molecule has 1 aromatic rings. The summed E-state index contributed by atoms with van der Waals surface area (Å²) in [5.74, 6) is -2.50. The summed E-state index contributed by atoms with van der Waals surface area (Å²) in [5.41, 5.74) is 5.93. The Morgan fingerprint density at radius 1 is 1.19 bits per heavy atom. The molecule has 0 aromatic heterocycles. The van der Waals surface area contributed by atoms with Gasteiger partial charge in [-0.15, -0.1) is 0 Å². The average Bonchev–Trinajstić information content (AvgIpc) is 3.89. The fourth-order valence-corrected chi connectivity index (χ4v) is 8.22. The second-order valence-electron chi connectivity index (χ2n) is 12.6. The largest absolute Gasteiger partial charge is 0.444 e. The van der Waals surface area contributed by atoms with Crippen molar-refractivity contribution in [3.63, 3.8) is 0 Å². The molecule has 14 nitrogen and oxygen atoms in total. The number of ether oxygens (including phenoxy) is 2. The first kappa shape index (κ1) is 33.4. The van der Waals surface area contributed by atoms with E-state index < -0.39 is 68.7 Å². The fourth-order valence-electron chi connectivity index (χ4n) is 6.46. The molecule has 2 saturated carbocycles. The van der Waals surface area contributed by atoms with Gasteiger partial charge in [0.05, 0.1) is 24.9 Å². The van der Waals surface area contributed by atoms with Crippen LogP contribution in [0.4, 0.5) is 4.79 Å². The molecule has 5 atom stereocenters. The van der Waals surface area contributed by atoms with Crippen molar-refractivity contribution in [2.75, 3.05) is 19.8 Å². The smallest absolute Gasteiger partial charge is 0.410 e. The molecule has 17 heteroatoms. The lowest BCUT2D eigenvalue weighted by Gasteiger charge is -2.30. The molecular weight excluding hydrogens is 672 g/mol. The number of thiocarbonyl (C=S) groups is 1. The first-order valence-electron chi connectivity index (χ1n) is 15.6. The van der Waals surface area contributed by atoms with Gasteiger partial charge in [0.25, 0.3) is 5.91 Å². The van der Waals surface area contributed by atoms with Crippen LogP contribution in [0.3, 0.4) is 0 Å². The molecule has 5 aliphatic rings. The molecule has 4 amide bonds.